The van der Waals surface area contributed by atoms with Gasteiger partial charge in [0.1, 0.15) is 18.5 Å². The summed E-state index contributed by atoms with van der Waals surface area (Å²) in [5.41, 5.74) is 0. The van der Waals surface area contributed by atoms with Crippen LogP contribution >= 0.6 is 0 Å². The second-order valence-corrected chi connectivity index (χ2v) is 5.72. The molecular weight excluding hydrogens is 337 g/mol. The minimum absolute atomic E-state index is 0.206. The van der Waals surface area contributed by atoms with Crippen LogP contribution in [0.2, 0.25) is 0 Å². The van der Waals surface area contributed by atoms with Crippen LogP contribution in [0.15, 0.2) is 52.1 Å². The van der Waals surface area contributed by atoms with E-state index in [1.54, 1.807) is 31.5 Å². The molecule has 0 aliphatic rings. The van der Waals surface area contributed by atoms with E-state index in [0.29, 0.717) is 25.7 Å². The Morgan fingerprint density at radius 2 is 2.08 bits per heavy atom. The number of furan rings is 1. The molecule has 0 aliphatic carbocycles. The van der Waals surface area contributed by atoms with Gasteiger partial charge in [0.15, 0.2) is 17.5 Å². The fraction of sp³-hybridized carbons (Fsp3) is 0.421. The number of guanidine groups is 1. The Morgan fingerprint density at radius 3 is 2.81 bits per heavy atom. The van der Waals surface area contributed by atoms with Gasteiger partial charge in [-0.2, -0.15) is 0 Å². The molecule has 0 fully saturated rings. The van der Waals surface area contributed by atoms with Crippen LogP contribution < -0.4 is 15.4 Å². The zero-order valence-electron chi connectivity index (χ0n) is 15.2. The molecule has 0 saturated heterocycles. The van der Waals surface area contributed by atoms with E-state index >= 15 is 0 Å². The fourth-order valence-corrected chi connectivity index (χ4v) is 2.21. The van der Waals surface area contributed by atoms with Crippen molar-refractivity contribution in [1.29, 1.82) is 0 Å². The number of hydrogen-bond acceptors (Lipinski definition) is 4. The molecule has 1 aromatic heterocycles. The highest BCUT2D eigenvalue weighted by Gasteiger charge is 2.08. The molecule has 6 nitrogen and oxygen atoms in total. The van der Waals surface area contributed by atoms with Crippen molar-refractivity contribution in [2.75, 3.05) is 26.7 Å². The first-order valence-corrected chi connectivity index (χ1v) is 8.65. The van der Waals surface area contributed by atoms with Gasteiger partial charge in [0.25, 0.3) is 0 Å². The SMILES string of the molecule is CN=C(NCCCOCc1ccco1)NCC(C)Oc1ccccc1F. The van der Waals surface area contributed by atoms with E-state index < -0.39 is 0 Å². The third-order valence-corrected chi connectivity index (χ3v) is 3.53. The van der Waals surface area contributed by atoms with Crippen LogP contribution in [0.4, 0.5) is 4.39 Å². The Bertz CT molecular complexity index is 662. The third kappa shape index (κ3) is 7.14. The molecule has 0 spiro atoms. The molecule has 2 rings (SSSR count). The Kier molecular flexibility index (Phi) is 8.48. The van der Waals surface area contributed by atoms with Crippen molar-refractivity contribution in [1.82, 2.24) is 10.6 Å². The number of benzene rings is 1. The maximum Gasteiger partial charge on any atom is 0.191 e. The van der Waals surface area contributed by atoms with Gasteiger partial charge in [-0.1, -0.05) is 12.1 Å². The normalized spacial score (nSPS) is 12.7. The molecular formula is C19H26FN3O3. The summed E-state index contributed by atoms with van der Waals surface area (Å²) >= 11 is 0. The van der Waals surface area contributed by atoms with Gasteiger partial charge in [-0.15, -0.1) is 0 Å². The third-order valence-electron chi connectivity index (χ3n) is 3.53. The highest BCUT2D eigenvalue weighted by atomic mass is 19.1. The molecule has 0 bridgehead atoms. The van der Waals surface area contributed by atoms with E-state index in [1.165, 1.54) is 6.07 Å². The van der Waals surface area contributed by atoms with Crippen molar-refractivity contribution < 1.29 is 18.3 Å². The molecule has 0 saturated carbocycles. The largest absolute Gasteiger partial charge is 0.486 e. The quantitative estimate of drug-likeness (QED) is 0.386. The summed E-state index contributed by atoms with van der Waals surface area (Å²) in [4.78, 5) is 4.15. The van der Waals surface area contributed by atoms with Gasteiger partial charge in [0, 0.05) is 20.2 Å². The molecule has 2 aromatic rings. The summed E-state index contributed by atoms with van der Waals surface area (Å²) in [6.07, 6.45) is 2.26. The number of hydrogen-bond donors (Lipinski definition) is 2. The highest BCUT2D eigenvalue weighted by molar-refractivity contribution is 5.79. The lowest BCUT2D eigenvalue weighted by atomic mass is 10.3. The second-order valence-electron chi connectivity index (χ2n) is 5.72. The van der Waals surface area contributed by atoms with Crippen LogP contribution in [0.5, 0.6) is 5.75 Å². The molecule has 1 atom stereocenters. The predicted molar refractivity (Wildman–Crippen MR) is 98.8 cm³/mol. The zero-order valence-corrected chi connectivity index (χ0v) is 15.2. The second kappa shape index (κ2) is 11.1. The van der Waals surface area contributed by atoms with Gasteiger partial charge in [0.2, 0.25) is 0 Å². The van der Waals surface area contributed by atoms with Crippen molar-refractivity contribution >= 4 is 5.96 Å². The molecule has 0 radical (unpaired) electrons. The molecule has 7 heteroatoms. The first-order valence-electron chi connectivity index (χ1n) is 8.65. The van der Waals surface area contributed by atoms with Crippen molar-refractivity contribution in [3.05, 3.63) is 54.2 Å². The summed E-state index contributed by atoms with van der Waals surface area (Å²) < 4.78 is 29.9. The van der Waals surface area contributed by atoms with Gasteiger partial charge in [-0.05, 0) is 37.6 Å². The number of halogens is 1. The van der Waals surface area contributed by atoms with Crippen molar-refractivity contribution in [2.24, 2.45) is 4.99 Å². The minimum Gasteiger partial charge on any atom is -0.486 e. The Labute approximate surface area is 153 Å². The predicted octanol–water partition coefficient (Wildman–Crippen LogP) is 2.96. The summed E-state index contributed by atoms with van der Waals surface area (Å²) in [5, 5.41) is 6.36. The molecule has 26 heavy (non-hydrogen) atoms. The number of para-hydroxylation sites is 1. The molecule has 1 heterocycles. The van der Waals surface area contributed by atoms with E-state index in [9.17, 15) is 4.39 Å². The van der Waals surface area contributed by atoms with Crippen molar-refractivity contribution in [2.45, 2.75) is 26.1 Å². The number of ether oxygens (including phenoxy) is 2. The number of rotatable bonds is 10. The Hall–Kier alpha value is -2.54. The average Bonchev–Trinajstić information content (AvgIpc) is 3.16. The van der Waals surface area contributed by atoms with Gasteiger partial charge >= 0.3 is 0 Å². The topological polar surface area (TPSA) is 68.0 Å². The van der Waals surface area contributed by atoms with Crippen LogP contribution in [0.25, 0.3) is 0 Å². The van der Waals surface area contributed by atoms with Gasteiger partial charge in [0.05, 0.1) is 12.8 Å². The Morgan fingerprint density at radius 1 is 1.23 bits per heavy atom. The Balaban J connectivity index is 1.57. The molecule has 1 unspecified atom stereocenters. The van der Waals surface area contributed by atoms with Crippen LogP contribution in [0, 0.1) is 5.82 Å². The van der Waals surface area contributed by atoms with Crippen LogP contribution in [-0.2, 0) is 11.3 Å². The number of aliphatic imine (C=N–C) groups is 1. The van der Waals surface area contributed by atoms with E-state index in [1.807, 2.05) is 19.1 Å². The summed E-state index contributed by atoms with van der Waals surface area (Å²) in [6, 6.07) is 10.1. The molecule has 0 aliphatic heterocycles. The highest BCUT2D eigenvalue weighted by Crippen LogP contribution is 2.16. The lowest BCUT2D eigenvalue weighted by molar-refractivity contribution is 0.105. The maximum atomic E-state index is 13.6. The van der Waals surface area contributed by atoms with Crippen LogP contribution in [0.1, 0.15) is 19.1 Å². The molecule has 2 N–H and O–H groups in total. The van der Waals surface area contributed by atoms with Crippen LogP contribution in [-0.4, -0.2) is 38.8 Å². The van der Waals surface area contributed by atoms with E-state index in [0.717, 1.165) is 18.7 Å². The fourth-order valence-electron chi connectivity index (χ4n) is 2.21. The van der Waals surface area contributed by atoms with Gasteiger partial charge in [-0.25, -0.2) is 4.39 Å². The lowest BCUT2D eigenvalue weighted by Gasteiger charge is -2.18. The summed E-state index contributed by atoms with van der Waals surface area (Å²) in [5.74, 6) is 1.37. The first-order chi connectivity index (χ1) is 12.7. The van der Waals surface area contributed by atoms with Crippen molar-refractivity contribution in [3.63, 3.8) is 0 Å². The molecule has 1 aromatic carbocycles. The standard InChI is InChI=1S/C19H26FN3O3/c1-15(26-18-9-4-3-8-17(18)20)13-23-19(21-2)22-10-6-11-24-14-16-7-5-12-25-16/h3-5,7-9,12,15H,6,10-11,13-14H2,1-2H3,(H2,21,22,23). The molecule has 142 valence electrons. The van der Waals surface area contributed by atoms with Crippen LogP contribution in [0.3, 0.4) is 0 Å². The van der Waals surface area contributed by atoms with E-state index in [4.69, 9.17) is 13.9 Å². The van der Waals surface area contributed by atoms with E-state index in [-0.39, 0.29) is 17.7 Å². The minimum atomic E-state index is -0.364. The summed E-state index contributed by atoms with van der Waals surface area (Å²) in [6.45, 7) is 4.20. The van der Waals surface area contributed by atoms with Gasteiger partial charge in [-0.3, -0.25) is 4.99 Å². The maximum absolute atomic E-state index is 13.6. The first kappa shape index (κ1) is 19.8. The number of nitrogens with zero attached hydrogens (tertiary/aromatic N) is 1. The summed E-state index contributed by atoms with van der Waals surface area (Å²) in [7, 11) is 1.70. The smallest absolute Gasteiger partial charge is 0.191 e. The zero-order chi connectivity index (χ0) is 18.6. The monoisotopic (exact) mass is 363 g/mol. The van der Waals surface area contributed by atoms with Gasteiger partial charge < -0.3 is 24.5 Å². The lowest BCUT2D eigenvalue weighted by Crippen LogP contribution is -2.42. The number of nitrogens with one attached hydrogen (secondary N) is 2. The van der Waals surface area contributed by atoms with Crippen molar-refractivity contribution in [3.8, 4) is 5.75 Å². The molecule has 0 amide bonds. The average molecular weight is 363 g/mol. The van der Waals surface area contributed by atoms with E-state index in [2.05, 4.69) is 15.6 Å².